The molecule has 2 aromatic carbocycles. The molecule has 1 amide bonds. The monoisotopic (exact) mass is 309 g/mol. The topological polar surface area (TPSA) is 49.8 Å². The predicted octanol–water partition coefficient (Wildman–Crippen LogP) is 3.94. The van der Waals surface area contributed by atoms with Gasteiger partial charge in [-0.2, -0.15) is 0 Å². The number of nitrogens with zero attached hydrogens (tertiary/aromatic N) is 1. The third-order valence-electron chi connectivity index (χ3n) is 4.07. The van der Waals surface area contributed by atoms with Gasteiger partial charge in [0.25, 0.3) is 0 Å². The van der Waals surface area contributed by atoms with Crippen molar-refractivity contribution in [2.24, 2.45) is 0 Å². The Bertz CT molecular complexity index is 725. The zero-order valence-electron chi connectivity index (χ0n) is 12.9. The maximum atomic E-state index is 11.2. The van der Waals surface area contributed by atoms with Crippen LogP contribution in [0.4, 0.5) is 4.79 Å². The van der Waals surface area contributed by atoms with Crippen molar-refractivity contribution < 1.29 is 14.6 Å². The Balaban J connectivity index is 1.88. The van der Waals surface area contributed by atoms with Gasteiger partial charge in [0.2, 0.25) is 0 Å². The van der Waals surface area contributed by atoms with Crippen molar-refractivity contribution in [2.45, 2.75) is 19.6 Å². The molecule has 1 aliphatic rings. The van der Waals surface area contributed by atoms with Crippen LogP contribution < -0.4 is 4.74 Å². The first kappa shape index (κ1) is 15.2. The third-order valence-corrected chi connectivity index (χ3v) is 4.07. The largest absolute Gasteiger partial charge is 0.489 e. The standard InChI is InChI=1S/C19H19NO3/c1-2-14-10-16-8-9-20(19(21)22)12-17(16)18(11-14)23-13-15-6-4-3-5-7-15/h2-7,10-11H,1,8-9,12-13H2,(H,21,22). The van der Waals surface area contributed by atoms with Crippen LogP contribution in [0.15, 0.2) is 49.0 Å². The summed E-state index contributed by atoms with van der Waals surface area (Å²) in [6.45, 7) is 5.16. The second kappa shape index (κ2) is 6.57. The van der Waals surface area contributed by atoms with E-state index in [9.17, 15) is 9.90 Å². The Morgan fingerprint density at radius 1 is 1.30 bits per heavy atom. The van der Waals surface area contributed by atoms with Crippen molar-refractivity contribution in [2.75, 3.05) is 6.54 Å². The molecule has 4 heteroatoms. The number of rotatable bonds is 4. The van der Waals surface area contributed by atoms with Gasteiger partial charge in [0.1, 0.15) is 12.4 Å². The van der Waals surface area contributed by atoms with Gasteiger partial charge in [-0.25, -0.2) is 4.79 Å². The molecule has 0 bridgehead atoms. The van der Waals surface area contributed by atoms with Crippen LogP contribution in [0, 0.1) is 0 Å². The van der Waals surface area contributed by atoms with Crippen LogP contribution in [0.3, 0.4) is 0 Å². The van der Waals surface area contributed by atoms with Crippen molar-refractivity contribution >= 4 is 12.2 Å². The lowest BCUT2D eigenvalue weighted by Crippen LogP contribution is -2.35. The first-order chi connectivity index (χ1) is 11.2. The molecule has 23 heavy (non-hydrogen) atoms. The Labute approximate surface area is 135 Å². The van der Waals surface area contributed by atoms with E-state index >= 15 is 0 Å². The molecule has 0 fully saturated rings. The highest BCUT2D eigenvalue weighted by atomic mass is 16.5. The van der Waals surface area contributed by atoms with E-state index in [0.717, 1.165) is 28.0 Å². The molecule has 0 saturated heterocycles. The number of hydrogen-bond donors (Lipinski definition) is 1. The molecule has 4 nitrogen and oxygen atoms in total. The third kappa shape index (κ3) is 3.37. The molecule has 0 aromatic heterocycles. The minimum Gasteiger partial charge on any atom is -0.489 e. The van der Waals surface area contributed by atoms with Crippen LogP contribution in [0.2, 0.25) is 0 Å². The van der Waals surface area contributed by atoms with Gasteiger partial charge >= 0.3 is 6.09 Å². The van der Waals surface area contributed by atoms with E-state index in [2.05, 4.69) is 12.6 Å². The summed E-state index contributed by atoms with van der Waals surface area (Å²) in [4.78, 5) is 12.7. The summed E-state index contributed by atoms with van der Waals surface area (Å²) in [7, 11) is 0. The van der Waals surface area contributed by atoms with Gasteiger partial charge in [-0.1, -0.05) is 49.1 Å². The highest BCUT2D eigenvalue weighted by Crippen LogP contribution is 2.31. The Morgan fingerprint density at radius 2 is 2.09 bits per heavy atom. The summed E-state index contributed by atoms with van der Waals surface area (Å²) in [5.74, 6) is 0.743. The van der Waals surface area contributed by atoms with Crippen LogP contribution in [0.1, 0.15) is 22.3 Å². The molecule has 2 aromatic rings. The second-order valence-electron chi connectivity index (χ2n) is 5.59. The molecule has 1 aliphatic heterocycles. The van der Waals surface area contributed by atoms with Crippen molar-refractivity contribution in [1.82, 2.24) is 4.90 Å². The van der Waals surface area contributed by atoms with E-state index in [1.54, 1.807) is 6.08 Å². The van der Waals surface area contributed by atoms with Gasteiger partial charge in [0.05, 0.1) is 6.54 Å². The number of carboxylic acid groups (broad SMARTS) is 1. The number of carbonyl (C=O) groups is 1. The summed E-state index contributed by atoms with van der Waals surface area (Å²) in [5.41, 5.74) is 4.18. The lowest BCUT2D eigenvalue weighted by Gasteiger charge is -2.28. The van der Waals surface area contributed by atoms with Crippen molar-refractivity contribution in [1.29, 1.82) is 0 Å². The van der Waals surface area contributed by atoms with Crippen molar-refractivity contribution in [3.8, 4) is 5.75 Å². The van der Waals surface area contributed by atoms with E-state index in [-0.39, 0.29) is 0 Å². The summed E-state index contributed by atoms with van der Waals surface area (Å²) < 4.78 is 5.99. The lowest BCUT2D eigenvalue weighted by molar-refractivity contribution is 0.139. The fraction of sp³-hybridized carbons (Fsp3) is 0.211. The van der Waals surface area contributed by atoms with Crippen LogP contribution in [0.25, 0.3) is 6.08 Å². The second-order valence-corrected chi connectivity index (χ2v) is 5.59. The molecular weight excluding hydrogens is 290 g/mol. The smallest absolute Gasteiger partial charge is 0.407 e. The zero-order chi connectivity index (χ0) is 16.2. The van der Waals surface area contributed by atoms with E-state index in [0.29, 0.717) is 26.1 Å². The average Bonchev–Trinajstić information content (AvgIpc) is 2.59. The Hall–Kier alpha value is -2.75. The molecule has 0 spiro atoms. The van der Waals surface area contributed by atoms with E-state index < -0.39 is 6.09 Å². The van der Waals surface area contributed by atoms with E-state index in [1.165, 1.54) is 4.90 Å². The normalized spacial score (nSPS) is 13.3. The Kier molecular flexibility index (Phi) is 4.33. The van der Waals surface area contributed by atoms with E-state index in [4.69, 9.17) is 4.74 Å². The quantitative estimate of drug-likeness (QED) is 0.930. The minimum atomic E-state index is -0.891. The number of ether oxygens (including phenoxy) is 1. The molecule has 0 atom stereocenters. The molecule has 3 rings (SSSR count). The average molecular weight is 309 g/mol. The van der Waals surface area contributed by atoms with Gasteiger partial charge < -0.3 is 14.7 Å². The van der Waals surface area contributed by atoms with Gasteiger partial charge in [-0.15, -0.1) is 0 Å². The molecule has 0 unspecified atom stereocenters. The van der Waals surface area contributed by atoms with Gasteiger partial charge in [0.15, 0.2) is 0 Å². The van der Waals surface area contributed by atoms with E-state index in [1.807, 2.05) is 36.4 Å². The molecule has 0 saturated carbocycles. The Morgan fingerprint density at radius 3 is 2.78 bits per heavy atom. The summed E-state index contributed by atoms with van der Waals surface area (Å²) in [5, 5.41) is 9.23. The van der Waals surface area contributed by atoms with Crippen LogP contribution in [-0.2, 0) is 19.6 Å². The number of benzene rings is 2. The SMILES string of the molecule is C=Cc1cc2c(c(OCc3ccccc3)c1)CN(C(=O)O)CC2. The first-order valence-electron chi connectivity index (χ1n) is 7.60. The molecule has 1 heterocycles. The molecule has 118 valence electrons. The maximum Gasteiger partial charge on any atom is 0.407 e. The minimum absolute atomic E-state index is 0.367. The highest BCUT2D eigenvalue weighted by molar-refractivity contribution is 5.66. The maximum absolute atomic E-state index is 11.2. The van der Waals surface area contributed by atoms with Crippen LogP contribution >= 0.6 is 0 Å². The fourth-order valence-corrected chi connectivity index (χ4v) is 2.80. The number of hydrogen-bond acceptors (Lipinski definition) is 2. The van der Waals surface area contributed by atoms with Gasteiger partial charge in [-0.05, 0) is 29.2 Å². The molecule has 0 radical (unpaired) electrons. The van der Waals surface area contributed by atoms with Gasteiger partial charge in [-0.3, -0.25) is 0 Å². The van der Waals surface area contributed by atoms with Crippen molar-refractivity contribution in [3.63, 3.8) is 0 Å². The first-order valence-corrected chi connectivity index (χ1v) is 7.60. The lowest BCUT2D eigenvalue weighted by atomic mass is 9.96. The van der Waals surface area contributed by atoms with Crippen molar-refractivity contribution in [3.05, 3.63) is 71.3 Å². The highest BCUT2D eigenvalue weighted by Gasteiger charge is 2.23. The van der Waals surface area contributed by atoms with Crippen LogP contribution in [-0.4, -0.2) is 22.6 Å². The molecular formula is C19H19NO3. The van der Waals surface area contributed by atoms with Gasteiger partial charge in [0, 0.05) is 12.1 Å². The zero-order valence-corrected chi connectivity index (χ0v) is 12.9. The summed E-state index contributed by atoms with van der Waals surface area (Å²) in [6.07, 6.45) is 1.60. The van der Waals surface area contributed by atoms with Crippen LogP contribution in [0.5, 0.6) is 5.75 Å². The molecule has 0 aliphatic carbocycles. The summed E-state index contributed by atoms with van der Waals surface area (Å²) >= 11 is 0. The fourth-order valence-electron chi connectivity index (χ4n) is 2.80. The molecule has 1 N–H and O–H groups in total. The number of amides is 1. The summed E-state index contributed by atoms with van der Waals surface area (Å²) in [6, 6.07) is 13.9. The number of fused-ring (bicyclic) bond motifs is 1. The predicted molar refractivity (Wildman–Crippen MR) is 89.4 cm³/mol.